The van der Waals surface area contributed by atoms with Gasteiger partial charge in [0.05, 0.1) is 16.3 Å². The van der Waals surface area contributed by atoms with Crippen molar-refractivity contribution >= 4 is 24.2 Å². The molecule has 0 aliphatic carbocycles. The van der Waals surface area contributed by atoms with Crippen molar-refractivity contribution in [1.29, 1.82) is 0 Å². The predicted molar refractivity (Wildman–Crippen MR) is 60.9 cm³/mol. The summed E-state index contributed by atoms with van der Waals surface area (Å²) in [6.45, 7) is 0. The summed E-state index contributed by atoms with van der Waals surface area (Å²) in [6, 6.07) is 0.811. The van der Waals surface area contributed by atoms with Gasteiger partial charge in [0.2, 0.25) is 0 Å². The van der Waals surface area contributed by atoms with Crippen LogP contribution in [0.1, 0.15) is 5.56 Å². The Morgan fingerprint density at radius 3 is 2.11 bits per heavy atom. The standard InChI is InChI=1S/C10H5ClF3N3S.K/c11-7-1-6(10(12,13)14)4-15-8(7)5-2-16-9(18)17-3-5;/h1-4H,(H,16,17,18);/q;+1/p-1. The molecule has 0 fully saturated rings. The van der Waals surface area contributed by atoms with E-state index in [1.165, 1.54) is 12.4 Å². The summed E-state index contributed by atoms with van der Waals surface area (Å²) in [6.07, 6.45) is -1.05. The Bertz CT molecular complexity index is 577. The van der Waals surface area contributed by atoms with Crippen molar-refractivity contribution in [1.82, 2.24) is 15.0 Å². The Kier molecular flexibility index (Phi) is 6.12. The first-order chi connectivity index (χ1) is 8.38. The predicted octanol–water partition coefficient (Wildman–Crippen LogP) is 0.121. The van der Waals surface area contributed by atoms with Crippen LogP contribution in [0.3, 0.4) is 0 Å². The Labute approximate surface area is 159 Å². The molecule has 0 bridgehead atoms. The van der Waals surface area contributed by atoms with Gasteiger partial charge in [-0.2, -0.15) is 13.2 Å². The second kappa shape index (κ2) is 6.75. The summed E-state index contributed by atoms with van der Waals surface area (Å²) >= 11 is 10.5. The second-order valence-corrected chi connectivity index (χ2v) is 4.08. The fourth-order valence-electron chi connectivity index (χ4n) is 1.24. The Balaban J connectivity index is 0.00000180. The molecular weight excluding hydrogens is 326 g/mol. The van der Waals surface area contributed by atoms with Gasteiger partial charge in [-0.1, -0.05) is 11.6 Å². The van der Waals surface area contributed by atoms with Crippen LogP contribution in [-0.2, 0) is 18.8 Å². The fraction of sp³-hybridized carbons (Fsp3) is 0.100. The maximum absolute atomic E-state index is 12.4. The molecular formula is C10H4ClF3KN3S. The van der Waals surface area contributed by atoms with Gasteiger partial charge in [0.15, 0.2) is 0 Å². The van der Waals surface area contributed by atoms with Gasteiger partial charge in [-0.3, -0.25) is 15.0 Å². The van der Waals surface area contributed by atoms with E-state index in [0.717, 1.165) is 6.07 Å². The van der Waals surface area contributed by atoms with Gasteiger partial charge >= 0.3 is 57.6 Å². The minimum absolute atomic E-state index is 0. The molecule has 9 heteroatoms. The second-order valence-electron chi connectivity index (χ2n) is 3.31. The van der Waals surface area contributed by atoms with E-state index in [1.807, 2.05) is 0 Å². The van der Waals surface area contributed by atoms with E-state index >= 15 is 0 Å². The van der Waals surface area contributed by atoms with Gasteiger partial charge in [0, 0.05) is 29.3 Å². The zero-order chi connectivity index (χ0) is 13.3. The zero-order valence-electron chi connectivity index (χ0n) is 9.57. The van der Waals surface area contributed by atoms with Gasteiger partial charge in [-0.25, -0.2) is 0 Å². The molecule has 2 rings (SSSR count). The van der Waals surface area contributed by atoms with Crippen molar-refractivity contribution in [2.45, 2.75) is 11.3 Å². The SMILES string of the molecule is FC(F)(F)c1cnc(-c2cnc([S-])nc2)c(Cl)c1.[K+]. The molecule has 2 aromatic rings. The monoisotopic (exact) mass is 329 g/mol. The van der Waals surface area contributed by atoms with Gasteiger partial charge in [0.1, 0.15) is 0 Å². The molecule has 0 radical (unpaired) electrons. The molecule has 0 spiro atoms. The Morgan fingerprint density at radius 1 is 1.05 bits per heavy atom. The van der Waals surface area contributed by atoms with Crippen LogP contribution < -0.4 is 51.4 Å². The number of rotatable bonds is 1. The van der Waals surface area contributed by atoms with E-state index < -0.39 is 11.7 Å². The third kappa shape index (κ3) is 4.32. The first-order valence-electron chi connectivity index (χ1n) is 4.60. The summed E-state index contributed by atoms with van der Waals surface area (Å²) in [5.74, 6) is 0. The van der Waals surface area contributed by atoms with E-state index in [0.29, 0.717) is 11.8 Å². The quantitative estimate of drug-likeness (QED) is 0.423. The molecule has 0 unspecified atom stereocenters. The van der Waals surface area contributed by atoms with Crippen LogP contribution in [0.4, 0.5) is 13.2 Å². The van der Waals surface area contributed by atoms with E-state index in [-0.39, 0.29) is 67.3 Å². The molecule has 2 aromatic heterocycles. The molecule has 0 aliphatic rings. The molecule has 0 aromatic carbocycles. The van der Waals surface area contributed by atoms with Gasteiger partial charge in [-0.15, -0.1) is 0 Å². The molecule has 0 aliphatic heterocycles. The summed E-state index contributed by atoms with van der Waals surface area (Å²) in [5.41, 5.74) is -0.320. The van der Waals surface area contributed by atoms with Crippen molar-refractivity contribution in [3.8, 4) is 11.3 Å². The van der Waals surface area contributed by atoms with E-state index in [9.17, 15) is 13.2 Å². The van der Waals surface area contributed by atoms with Crippen LogP contribution in [0.5, 0.6) is 0 Å². The normalized spacial score (nSPS) is 10.9. The first-order valence-corrected chi connectivity index (χ1v) is 5.39. The van der Waals surface area contributed by atoms with Crippen LogP contribution in [0.2, 0.25) is 5.02 Å². The Hall–Kier alpha value is 0.166. The summed E-state index contributed by atoms with van der Waals surface area (Å²) < 4.78 is 37.3. The topological polar surface area (TPSA) is 38.7 Å². The van der Waals surface area contributed by atoms with Crippen LogP contribution in [0, 0.1) is 0 Å². The zero-order valence-corrected chi connectivity index (χ0v) is 14.3. The fourth-order valence-corrected chi connectivity index (χ4v) is 1.62. The van der Waals surface area contributed by atoms with Gasteiger partial charge in [-0.05, 0) is 6.07 Å². The Morgan fingerprint density at radius 2 is 1.63 bits per heavy atom. The maximum atomic E-state index is 12.4. The van der Waals surface area contributed by atoms with Gasteiger partial charge in [0.25, 0.3) is 0 Å². The molecule has 0 saturated heterocycles. The summed E-state index contributed by atoms with van der Waals surface area (Å²) in [7, 11) is 0. The average Bonchev–Trinajstić information content (AvgIpc) is 2.29. The molecule has 0 N–H and O–H groups in total. The van der Waals surface area contributed by atoms with Crippen molar-refractivity contribution in [2.24, 2.45) is 0 Å². The molecule has 94 valence electrons. The van der Waals surface area contributed by atoms with Crippen molar-refractivity contribution in [3.05, 3.63) is 35.2 Å². The van der Waals surface area contributed by atoms with E-state index in [1.54, 1.807) is 0 Å². The summed E-state index contributed by atoms with van der Waals surface area (Å²) in [4.78, 5) is 11.2. The van der Waals surface area contributed by atoms with Crippen LogP contribution in [0.15, 0.2) is 29.8 Å². The number of alkyl halides is 3. The van der Waals surface area contributed by atoms with Crippen molar-refractivity contribution in [3.63, 3.8) is 0 Å². The van der Waals surface area contributed by atoms with Crippen LogP contribution >= 0.6 is 11.6 Å². The third-order valence-electron chi connectivity index (χ3n) is 2.07. The molecule has 2 heterocycles. The van der Waals surface area contributed by atoms with Crippen molar-refractivity contribution in [2.75, 3.05) is 0 Å². The van der Waals surface area contributed by atoms with Gasteiger partial charge < -0.3 is 12.6 Å². The number of nitrogens with zero attached hydrogens (tertiary/aromatic N) is 3. The number of pyridine rings is 1. The van der Waals surface area contributed by atoms with Crippen LogP contribution in [-0.4, -0.2) is 15.0 Å². The molecule has 0 atom stereocenters. The minimum atomic E-state index is -4.48. The first kappa shape index (κ1) is 17.2. The molecule has 19 heavy (non-hydrogen) atoms. The minimum Gasteiger partial charge on any atom is -0.740 e. The van der Waals surface area contributed by atoms with Crippen molar-refractivity contribution < 1.29 is 64.6 Å². The smallest absolute Gasteiger partial charge is 0.740 e. The molecule has 0 saturated carbocycles. The number of halogens is 4. The number of hydrogen-bond acceptors (Lipinski definition) is 4. The largest absolute Gasteiger partial charge is 1.00 e. The third-order valence-corrected chi connectivity index (χ3v) is 2.57. The summed E-state index contributed by atoms with van der Waals surface area (Å²) in [5, 5.41) is 0.0207. The number of aromatic nitrogens is 3. The number of hydrogen-bond donors (Lipinski definition) is 0. The van der Waals surface area contributed by atoms with E-state index in [4.69, 9.17) is 24.2 Å². The average molecular weight is 330 g/mol. The van der Waals surface area contributed by atoms with Crippen LogP contribution in [0.25, 0.3) is 11.3 Å². The molecule has 0 amide bonds. The molecule has 3 nitrogen and oxygen atoms in total. The maximum Gasteiger partial charge on any atom is 1.00 e. The van der Waals surface area contributed by atoms with E-state index in [2.05, 4.69) is 15.0 Å².